The summed E-state index contributed by atoms with van der Waals surface area (Å²) in [5.41, 5.74) is 0.445. The molecule has 14 heavy (non-hydrogen) atoms. The van der Waals surface area contributed by atoms with E-state index in [1.54, 1.807) is 0 Å². The van der Waals surface area contributed by atoms with Crippen molar-refractivity contribution >= 4 is 0 Å². The molecule has 1 saturated carbocycles. The van der Waals surface area contributed by atoms with Crippen molar-refractivity contribution in [1.29, 1.82) is 0 Å². The summed E-state index contributed by atoms with van der Waals surface area (Å²) in [6, 6.07) is 0.480. The Morgan fingerprint density at radius 1 is 1.14 bits per heavy atom. The first kappa shape index (κ1) is 10.4. The quantitative estimate of drug-likeness (QED) is 0.694. The van der Waals surface area contributed by atoms with Crippen LogP contribution in [0.3, 0.4) is 0 Å². The summed E-state index contributed by atoms with van der Waals surface area (Å²) >= 11 is 0. The molecule has 0 amide bonds. The fourth-order valence-corrected chi connectivity index (χ4v) is 2.68. The minimum absolute atomic E-state index is 0.0454. The molecule has 1 aliphatic heterocycles. The minimum Gasteiger partial charge on any atom is -0.391 e. The van der Waals surface area contributed by atoms with Crippen LogP contribution in [0.25, 0.3) is 0 Å². The van der Waals surface area contributed by atoms with Crippen LogP contribution in [-0.2, 0) is 0 Å². The highest BCUT2D eigenvalue weighted by molar-refractivity contribution is 4.95. The highest BCUT2D eigenvalue weighted by atomic mass is 16.3. The van der Waals surface area contributed by atoms with Gasteiger partial charge in [0, 0.05) is 19.1 Å². The van der Waals surface area contributed by atoms with Crippen LogP contribution in [0.1, 0.15) is 40.0 Å². The van der Waals surface area contributed by atoms with Crippen molar-refractivity contribution in [3.05, 3.63) is 0 Å². The number of rotatable bonds is 1. The predicted octanol–water partition coefficient (Wildman–Crippen LogP) is 1.88. The second-order valence-electron chi connectivity index (χ2n) is 6.08. The van der Waals surface area contributed by atoms with Gasteiger partial charge in [-0.2, -0.15) is 0 Å². The molecule has 0 aromatic carbocycles. The Morgan fingerprint density at radius 3 is 2.21 bits per heavy atom. The highest BCUT2D eigenvalue weighted by Crippen LogP contribution is 2.37. The number of hydrogen-bond donors (Lipinski definition) is 1. The maximum absolute atomic E-state index is 9.77. The summed E-state index contributed by atoms with van der Waals surface area (Å²) in [6.07, 6.45) is 3.39. The topological polar surface area (TPSA) is 23.5 Å². The van der Waals surface area contributed by atoms with Gasteiger partial charge in [-0.1, -0.05) is 20.8 Å². The van der Waals surface area contributed by atoms with E-state index in [-0.39, 0.29) is 6.10 Å². The van der Waals surface area contributed by atoms with Crippen LogP contribution in [-0.4, -0.2) is 35.2 Å². The normalized spacial score (nSPS) is 36.0. The maximum atomic E-state index is 9.77. The molecular formula is C12H23NO. The van der Waals surface area contributed by atoms with Gasteiger partial charge in [-0.25, -0.2) is 0 Å². The molecule has 2 heteroatoms. The molecule has 0 aromatic heterocycles. The van der Waals surface area contributed by atoms with E-state index < -0.39 is 0 Å². The number of aliphatic hydroxyl groups is 1. The van der Waals surface area contributed by atoms with Gasteiger partial charge < -0.3 is 5.11 Å². The Morgan fingerprint density at radius 2 is 1.79 bits per heavy atom. The summed E-state index contributed by atoms with van der Waals surface area (Å²) in [4.78, 5) is 2.48. The van der Waals surface area contributed by atoms with E-state index >= 15 is 0 Å². The van der Waals surface area contributed by atoms with Gasteiger partial charge in [0.1, 0.15) is 0 Å². The van der Waals surface area contributed by atoms with Gasteiger partial charge in [0.25, 0.3) is 0 Å². The van der Waals surface area contributed by atoms with Crippen molar-refractivity contribution in [2.75, 3.05) is 13.1 Å². The van der Waals surface area contributed by atoms with Crippen molar-refractivity contribution in [1.82, 2.24) is 4.90 Å². The number of likely N-dealkylation sites (tertiary alicyclic amines) is 1. The number of nitrogens with zero attached hydrogens (tertiary/aromatic N) is 1. The molecule has 0 spiro atoms. The number of hydrogen-bond acceptors (Lipinski definition) is 2. The van der Waals surface area contributed by atoms with Crippen molar-refractivity contribution in [3.8, 4) is 0 Å². The molecule has 1 N–H and O–H groups in total. The van der Waals surface area contributed by atoms with Crippen molar-refractivity contribution in [2.45, 2.75) is 52.2 Å². The molecule has 1 aliphatic carbocycles. The SMILES string of the molecule is CC(C)(C)C1CN(C2CCCC2O)C1. The predicted molar refractivity (Wildman–Crippen MR) is 58.2 cm³/mol. The van der Waals surface area contributed by atoms with Crippen LogP contribution >= 0.6 is 0 Å². The second-order valence-corrected chi connectivity index (χ2v) is 6.08. The van der Waals surface area contributed by atoms with E-state index in [2.05, 4.69) is 25.7 Å². The fraction of sp³-hybridized carbons (Fsp3) is 1.00. The summed E-state index contributed by atoms with van der Waals surface area (Å²) in [7, 11) is 0. The van der Waals surface area contributed by atoms with E-state index in [0.717, 1.165) is 12.3 Å². The molecule has 2 rings (SSSR count). The first-order valence-corrected chi connectivity index (χ1v) is 5.90. The van der Waals surface area contributed by atoms with Crippen molar-refractivity contribution < 1.29 is 5.11 Å². The van der Waals surface area contributed by atoms with E-state index in [0.29, 0.717) is 11.5 Å². The highest BCUT2D eigenvalue weighted by Gasteiger charge is 2.42. The molecule has 1 heterocycles. The molecule has 2 fully saturated rings. The van der Waals surface area contributed by atoms with Crippen molar-refractivity contribution in [3.63, 3.8) is 0 Å². The Kier molecular flexibility index (Phi) is 2.61. The average Bonchev–Trinajstić information content (AvgIpc) is 2.30. The van der Waals surface area contributed by atoms with Crippen LogP contribution in [0.15, 0.2) is 0 Å². The Hall–Kier alpha value is -0.0800. The van der Waals surface area contributed by atoms with Gasteiger partial charge in [0.15, 0.2) is 0 Å². The Bertz CT molecular complexity index is 203. The molecule has 2 atom stereocenters. The second kappa shape index (κ2) is 3.49. The molecule has 1 saturated heterocycles. The lowest BCUT2D eigenvalue weighted by atomic mass is 9.75. The molecule has 2 unspecified atom stereocenters. The van der Waals surface area contributed by atoms with Gasteiger partial charge in [-0.05, 0) is 30.6 Å². The average molecular weight is 197 g/mol. The van der Waals surface area contributed by atoms with Gasteiger partial charge >= 0.3 is 0 Å². The van der Waals surface area contributed by atoms with E-state index in [4.69, 9.17) is 0 Å². The van der Waals surface area contributed by atoms with Crippen molar-refractivity contribution in [2.24, 2.45) is 11.3 Å². The zero-order valence-corrected chi connectivity index (χ0v) is 9.66. The summed E-state index contributed by atoms with van der Waals surface area (Å²) in [6.45, 7) is 9.36. The van der Waals surface area contributed by atoms with E-state index in [1.165, 1.54) is 25.9 Å². The Labute approximate surface area is 87.3 Å². The first-order chi connectivity index (χ1) is 6.48. The molecule has 0 aromatic rings. The lowest BCUT2D eigenvalue weighted by Gasteiger charge is -2.49. The third-order valence-electron chi connectivity index (χ3n) is 4.05. The van der Waals surface area contributed by atoms with Gasteiger partial charge in [0.05, 0.1) is 6.10 Å². The molecule has 0 radical (unpaired) electrons. The molecular weight excluding hydrogens is 174 g/mol. The first-order valence-electron chi connectivity index (χ1n) is 5.90. The fourth-order valence-electron chi connectivity index (χ4n) is 2.68. The largest absolute Gasteiger partial charge is 0.391 e. The summed E-state index contributed by atoms with van der Waals surface area (Å²) < 4.78 is 0. The zero-order chi connectivity index (χ0) is 10.3. The lowest BCUT2D eigenvalue weighted by Crippen LogP contribution is -2.57. The van der Waals surface area contributed by atoms with Crippen LogP contribution in [0, 0.1) is 11.3 Å². The summed E-state index contributed by atoms with van der Waals surface area (Å²) in [5.74, 6) is 0.829. The smallest absolute Gasteiger partial charge is 0.0695 e. The van der Waals surface area contributed by atoms with Crippen LogP contribution < -0.4 is 0 Å². The molecule has 0 bridgehead atoms. The van der Waals surface area contributed by atoms with Crippen LogP contribution in [0.2, 0.25) is 0 Å². The van der Waals surface area contributed by atoms with E-state index in [1.807, 2.05) is 0 Å². The number of aliphatic hydroxyl groups excluding tert-OH is 1. The van der Waals surface area contributed by atoms with Gasteiger partial charge in [-0.3, -0.25) is 4.90 Å². The standard InChI is InChI=1S/C12H23NO/c1-12(2,3)9-7-13(8-9)10-5-4-6-11(10)14/h9-11,14H,4-8H2,1-3H3. The monoisotopic (exact) mass is 197 g/mol. The zero-order valence-electron chi connectivity index (χ0n) is 9.66. The minimum atomic E-state index is -0.0454. The molecule has 82 valence electrons. The molecule has 2 nitrogen and oxygen atoms in total. The van der Waals surface area contributed by atoms with Crippen LogP contribution in [0.5, 0.6) is 0 Å². The van der Waals surface area contributed by atoms with Gasteiger partial charge in [0.2, 0.25) is 0 Å². The molecule has 2 aliphatic rings. The van der Waals surface area contributed by atoms with Crippen LogP contribution in [0.4, 0.5) is 0 Å². The lowest BCUT2D eigenvalue weighted by molar-refractivity contribution is -0.0391. The summed E-state index contributed by atoms with van der Waals surface area (Å²) in [5, 5.41) is 9.77. The third-order valence-corrected chi connectivity index (χ3v) is 4.05. The third kappa shape index (κ3) is 1.82. The van der Waals surface area contributed by atoms with Gasteiger partial charge in [-0.15, -0.1) is 0 Å². The van der Waals surface area contributed by atoms with E-state index in [9.17, 15) is 5.11 Å². The Balaban J connectivity index is 1.83. The maximum Gasteiger partial charge on any atom is 0.0695 e.